The molecule has 0 bridgehead atoms. The SMILES string of the molecule is Cc1cc(CNC(C)CS(C)(=O)=O)ccc1Br. The molecule has 0 heterocycles. The van der Waals surface area contributed by atoms with Gasteiger partial charge >= 0.3 is 0 Å². The average molecular weight is 320 g/mol. The zero-order valence-electron chi connectivity index (χ0n) is 10.3. The van der Waals surface area contributed by atoms with Crippen molar-refractivity contribution in [3.8, 4) is 0 Å². The van der Waals surface area contributed by atoms with Crippen molar-refractivity contribution in [2.45, 2.75) is 26.4 Å². The topological polar surface area (TPSA) is 46.2 Å². The van der Waals surface area contributed by atoms with Gasteiger partial charge in [0, 0.05) is 23.3 Å². The molecule has 0 radical (unpaired) electrons. The Kier molecular flexibility index (Phi) is 5.16. The predicted octanol–water partition coefficient (Wildman–Crippen LogP) is 2.28. The minimum atomic E-state index is -2.91. The molecule has 0 fully saturated rings. The first-order valence-corrected chi connectivity index (χ1v) is 8.29. The molecule has 1 aromatic carbocycles. The largest absolute Gasteiger partial charge is 0.309 e. The summed E-state index contributed by atoms with van der Waals surface area (Å²) < 4.78 is 23.3. The van der Waals surface area contributed by atoms with Crippen LogP contribution in [-0.4, -0.2) is 26.5 Å². The minimum absolute atomic E-state index is 0.0334. The third-order valence-electron chi connectivity index (χ3n) is 2.43. The number of sulfone groups is 1. The molecule has 96 valence electrons. The predicted molar refractivity (Wildman–Crippen MR) is 74.9 cm³/mol. The van der Waals surface area contributed by atoms with Crippen LogP contribution in [0.25, 0.3) is 0 Å². The lowest BCUT2D eigenvalue weighted by Gasteiger charge is -2.13. The second kappa shape index (κ2) is 5.98. The summed E-state index contributed by atoms with van der Waals surface area (Å²) in [5.41, 5.74) is 2.34. The van der Waals surface area contributed by atoms with Gasteiger partial charge in [-0.05, 0) is 31.0 Å². The van der Waals surface area contributed by atoms with E-state index in [4.69, 9.17) is 0 Å². The molecule has 1 unspecified atom stereocenters. The van der Waals surface area contributed by atoms with E-state index in [0.29, 0.717) is 6.54 Å². The molecule has 1 aromatic rings. The van der Waals surface area contributed by atoms with Gasteiger partial charge < -0.3 is 5.32 Å². The van der Waals surface area contributed by atoms with Gasteiger partial charge in [0.25, 0.3) is 0 Å². The first-order chi connectivity index (χ1) is 7.78. The quantitative estimate of drug-likeness (QED) is 0.905. The highest BCUT2D eigenvalue weighted by Gasteiger charge is 2.09. The van der Waals surface area contributed by atoms with Gasteiger partial charge in [-0.3, -0.25) is 0 Å². The molecular weight excluding hydrogens is 302 g/mol. The van der Waals surface area contributed by atoms with E-state index < -0.39 is 9.84 Å². The second-order valence-electron chi connectivity index (χ2n) is 4.46. The number of benzene rings is 1. The lowest BCUT2D eigenvalue weighted by Crippen LogP contribution is -2.32. The molecule has 0 saturated carbocycles. The van der Waals surface area contributed by atoms with Gasteiger partial charge in [-0.25, -0.2) is 8.42 Å². The first-order valence-electron chi connectivity index (χ1n) is 5.44. The Balaban J connectivity index is 2.53. The number of nitrogens with one attached hydrogen (secondary N) is 1. The highest BCUT2D eigenvalue weighted by Crippen LogP contribution is 2.16. The van der Waals surface area contributed by atoms with Gasteiger partial charge in [0.15, 0.2) is 0 Å². The van der Waals surface area contributed by atoms with Crippen LogP contribution in [0.4, 0.5) is 0 Å². The summed E-state index contributed by atoms with van der Waals surface area (Å²) >= 11 is 3.45. The fourth-order valence-corrected chi connectivity index (χ4v) is 2.89. The van der Waals surface area contributed by atoms with Gasteiger partial charge in [0.1, 0.15) is 9.84 Å². The summed E-state index contributed by atoms with van der Waals surface area (Å²) in [6.45, 7) is 4.60. The lowest BCUT2D eigenvalue weighted by atomic mass is 10.1. The number of hydrogen-bond acceptors (Lipinski definition) is 3. The summed E-state index contributed by atoms with van der Waals surface area (Å²) in [4.78, 5) is 0. The molecular formula is C12H18BrNO2S. The second-order valence-corrected chi connectivity index (χ2v) is 7.50. The Hall–Kier alpha value is -0.390. The molecule has 5 heteroatoms. The van der Waals surface area contributed by atoms with Crippen molar-refractivity contribution in [1.29, 1.82) is 0 Å². The molecule has 0 spiro atoms. The number of aryl methyl sites for hydroxylation is 1. The number of hydrogen-bond donors (Lipinski definition) is 1. The molecule has 0 aliphatic carbocycles. The fourth-order valence-electron chi connectivity index (χ4n) is 1.62. The molecule has 0 amide bonds. The highest BCUT2D eigenvalue weighted by atomic mass is 79.9. The maximum atomic E-state index is 11.1. The average Bonchev–Trinajstić information content (AvgIpc) is 2.17. The third kappa shape index (κ3) is 5.66. The van der Waals surface area contributed by atoms with Gasteiger partial charge in [-0.15, -0.1) is 0 Å². The Morgan fingerprint density at radius 2 is 2.06 bits per heavy atom. The van der Waals surface area contributed by atoms with Crippen LogP contribution in [-0.2, 0) is 16.4 Å². The van der Waals surface area contributed by atoms with E-state index in [9.17, 15) is 8.42 Å². The molecule has 0 saturated heterocycles. The Bertz CT molecular complexity index is 485. The molecule has 0 aliphatic rings. The van der Waals surface area contributed by atoms with Crippen LogP contribution >= 0.6 is 15.9 Å². The zero-order valence-corrected chi connectivity index (χ0v) is 12.7. The highest BCUT2D eigenvalue weighted by molar-refractivity contribution is 9.10. The fraction of sp³-hybridized carbons (Fsp3) is 0.500. The van der Waals surface area contributed by atoms with Crippen LogP contribution in [0.5, 0.6) is 0 Å². The van der Waals surface area contributed by atoms with E-state index in [1.54, 1.807) is 0 Å². The standard InChI is InChI=1S/C12H18BrNO2S/c1-9-6-11(4-5-12(9)13)7-14-10(2)8-17(3,15)16/h4-6,10,14H,7-8H2,1-3H3. The monoisotopic (exact) mass is 319 g/mol. The van der Waals surface area contributed by atoms with Crippen molar-refractivity contribution in [3.05, 3.63) is 33.8 Å². The van der Waals surface area contributed by atoms with Crippen LogP contribution < -0.4 is 5.32 Å². The molecule has 1 rings (SSSR count). The summed E-state index contributed by atoms with van der Waals surface area (Å²) in [5.74, 6) is 0.169. The molecule has 17 heavy (non-hydrogen) atoms. The van der Waals surface area contributed by atoms with Gasteiger partial charge in [-0.1, -0.05) is 28.1 Å². The summed E-state index contributed by atoms with van der Waals surface area (Å²) in [6, 6.07) is 6.09. The maximum absolute atomic E-state index is 11.1. The van der Waals surface area contributed by atoms with E-state index in [2.05, 4.69) is 27.3 Å². The van der Waals surface area contributed by atoms with Crippen molar-refractivity contribution in [1.82, 2.24) is 5.32 Å². The van der Waals surface area contributed by atoms with Crippen LogP contribution in [0.3, 0.4) is 0 Å². The first kappa shape index (κ1) is 14.7. The number of rotatable bonds is 5. The lowest BCUT2D eigenvalue weighted by molar-refractivity contribution is 0.560. The van der Waals surface area contributed by atoms with E-state index in [1.165, 1.54) is 11.8 Å². The smallest absolute Gasteiger partial charge is 0.148 e. The van der Waals surface area contributed by atoms with Crippen molar-refractivity contribution in [3.63, 3.8) is 0 Å². The Morgan fingerprint density at radius 3 is 2.59 bits per heavy atom. The van der Waals surface area contributed by atoms with Crippen molar-refractivity contribution in [2.24, 2.45) is 0 Å². The zero-order chi connectivity index (χ0) is 13.1. The summed E-state index contributed by atoms with van der Waals surface area (Å²) in [7, 11) is -2.91. The Labute approximate surface area is 112 Å². The van der Waals surface area contributed by atoms with Gasteiger partial charge in [0.2, 0.25) is 0 Å². The van der Waals surface area contributed by atoms with Crippen LogP contribution in [0.1, 0.15) is 18.1 Å². The molecule has 1 N–H and O–H groups in total. The van der Waals surface area contributed by atoms with Crippen molar-refractivity contribution >= 4 is 25.8 Å². The minimum Gasteiger partial charge on any atom is -0.309 e. The molecule has 0 aliphatic heterocycles. The molecule has 3 nitrogen and oxygen atoms in total. The molecule has 1 atom stereocenters. The van der Waals surface area contributed by atoms with E-state index in [-0.39, 0.29) is 11.8 Å². The van der Waals surface area contributed by atoms with E-state index in [1.807, 2.05) is 26.0 Å². The summed E-state index contributed by atoms with van der Waals surface area (Å²) in [6.07, 6.45) is 1.26. The normalized spacial score (nSPS) is 13.6. The third-order valence-corrected chi connectivity index (χ3v) is 4.43. The van der Waals surface area contributed by atoms with Crippen LogP contribution in [0.2, 0.25) is 0 Å². The van der Waals surface area contributed by atoms with E-state index >= 15 is 0 Å². The summed E-state index contributed by atoms with van der Waals surface area (Å²) in [5, 5.41) is 3.21. The van der Waals surface area contributed by atoms with E-state index in [0.717, 1.165) is 10.0 Å². The Morgan fingerprint density at radius 1 is 1.41 bits per heavy atom. The van der Waals surface area contributed by atoms with Gasteiger partial charge in [0.05, 0.1) is 5.75 Å². The van der Waals surface area contributed by atoms with Crippen LogP contribution in [0, 0.1) is 6.92 Å². The molecule has 0 aromatic heterocycles. The van der Waals surface area contributed by atoms with Crippen molar-refractivity contribution < 1.29 is 8.42 Å². The maximum Gasteiger partial charge on any atom is 0.148 e. The van der Waals surface area contributed by atoms with Crippen LogP contribution in [0.15, 0.2) is 22.7 Å². The number of halogens is 1. The van der Waals surface area contributed by atoms with Gasteiger partial charge in [-0.2, -0.15) is 0 Å². The van der Waals surface area contributed by atoms with Crippen molar-refractivity contribution in [2.75, 3.05) is 12.0 Å².